The molecule has 0 spiro atoms. The Kier molecular flexibility index (Phi) is 4.76. The van der Waals surface area contributed by atoms with Gasteiger partial charge in [-0.05, 0) is 38.8 Å². The molecule has 0 aliphatic carbocycles. The number of benzene rings is 1. The first-order chi connectivity index (χ1) is 10.4. The Hall–Kier alpha value is -2.42. The molecule has 0 fully saturated rings. The number of carbonyl (C=O) groups excluding carboxylic acids is 1. The summed E-state index contributed by atoms with van der Waals surface area (Å²) in [4.78, 5) is 11.6. The van der Waals surface area contributed by atoms with E-state index in [9.17, 15) is 10.1 Å². The summed E-state index contributed by atoms with van der Waals surface area (Å²) in [5.41, 5.74) is 0.803. The topological polar surface area (TPSA) is 80.6 Å². The SMILES string of the molecule is CC(C)(C)OC(=O)NCCc1cc2c(cc1C#N)OCCO2. The molecule has 1 N–H and O–H groups in total. The van der Waals surface area contributed by atoms with Crippen molar-refractivity contribution in [3.8, 4) is 17.6 Å². The Morgan fingerprint density at radius 3 is 2.55 bits per heavy atom. The van der Waals surface area contributed by atoms with Crippen LogP contribution in [-0.2, 0) is 11.2 Å². The van der Waals surface area contributed by atoms with E-state index >= 15 is 0 Å². The molecule has 0 radical (unpaired) electrons. The van der Waals surface area contributed by atoms with E-state index in [1.54, 1.807) is 32.9 Å². The van der Waals surface area contributed by atoms with Gasteiger partial charge in [0, 0.05) is 12.6 Å². The van der Waals surface area contributed by atoms with Crippen LogP contribution in [0.15, 0.2) is 12.1 Å². The number of alkyl carbamates (subject to hydrolysis) is 1. The van der Waals surface area contributed by atoms with Crippen LogP contribution in [0.5, 0.6) is 11.5 Å². The second-order valence-electron chi connectivity index (χ2n) is 5.94. The lowest BCUT2D eigenvalue weighted by Crippen LogP contribution is -2.33. The average molecular weight is 304 g/mol. The highest BCUT2D eigenvalue weighted by Gasteiger charge is 2.17. The van der Waals surface area contributed by atoms with Crippen molar-refractivity contribution < 1.29 is 19.0 Å². The normalized spacial score (nSPS) is 13.2. The van der Waals surface area contributed by atoms with Crippen molar-refractivity contribution in [3.63, 3.8) is 0 Å². The molecule has 1 aromatic rings. The maximum absolute atomic E-state index is 11.6. The molecule has 0 bridgehead atoms. The summed E-state index contributed by atoms with van der Waals surface area (Å²) in [6.07, 6.45) is 0.0437. The zero-order valence-electron chi connectivity index (χ0n) is 13.1. The van der Waals surface area contributed by atoms with Crippen LogP contribution < -0.4 is 14.8 Å². The van der Waals surface area contributed by atoms with E-state index in [4.69, 9.17) is 14.2 Å². The molecule has 0 atom stereocenters. The van der Waals surface area contributed by atoms with Crippen molar-refractivity contribution in [2.45, 2.75) is 32.8 Å². The molecule has 2 rings (SSSR count). The minimum atomic E-state index is -0.529. The van der Waals surface area contributed by atoms with Crippen LogP contribution in [0.3, 0.4) is 0 Å². The first-order valence-electron chi connectivity index (χ1n) is 7.18. The molecule has 118 valence electrons. The number of ether oxygens (including phenoxy) is 3. The van der Waals surface area contributed by atoms with Gasteiger partial charge in [0.15, 0.2) is 11.5 Å². The minimum absolute atomic E-state index is 0.378. The number of hydrogen-bond acceptors (Lipinski definition) is 5. The van der Waals surface area contributed by atoms with Gasteiger partial charge in [-0.25, -0.2) is 4.79 Å². The van der Waals surface area contributed by atoms with Gasteiger partial charge >= 0.3 is 6.09 Å². The quantitative estimate of drug-likeness (QED) is 0.927. The second kappa shape index (κ2) is 6.56. The molecule has 1 heterocycles. The first-order valence-corrected chi connectivity index (χ1v) is 7.18. The van der Waals surface area contributed by atoms with Gasteiger partial charge in [0.25, 0.3) is 0 Å². The second-order valence-corrected chi connectivity index (χ2v) is 5.94. The van der Waals surface area contributed by atoms with Crippen molar-refractivity contribution in [1.29, 1.82) is 5.26 Å². The average Bonchev–Trinajstić information content (AvgIpc) is 2.44. The molecular weight excluding hydrogens is 284 g/mol. The summed E-state index contributed by atoms with van der Waals surface area (Å²) < 4.78 is 16.1. The van der Waals surface area contributed by atoms with Gasteiger partial charge in [0.05, 0.1) is 11.6 Å². The molecule has 1 amide bonds. The lowest BCUT2D eigenvalue weighted by Gasteiger charge is -2.21. The number of nitriles is 1. The zero-order chi connectivity index (χ0) is 16.2. The smallest absolute Gasteiger partial charge is 0.407 e. The lowest BCUT2D eigenvalue weighted by molar-refractivity contribution is 0.0528. The Morgan fingerprint density at radius 2 is 1.95 bits per heavy atom. The Labute approximate surface area is 130 Å². The summed E-state index contributed by atoms with van der Waals surface area (Å²) in [6.45, 7) is 6.78. The van der Waals surface area contributed by atoms with Crippen LogP contribution in [0.1, 0.15) is 31.9 Å². The summed E-state index contributed by atoms with van der Waals surface area (Å²) in [6, 6.07) is 5.62. The van der Waals surface area contributed by atoms with Gasteiger partial charge < -0.3 is 19.5 Å². The number of nitrogens with zero attached hydrogens (tertiary/aromatic N) is 1. The fourth-order valence-electron chi connectivity index (χ4n) is 2.06. The van der Waals surface area contributed by atoms with Gasteiger partial charge in [-0.2, -0.15) is 5.26 Å². The van der Waals surface area contributed by atoms with E-state index in [2.05, 4.69) is 11.4 Å². The van der Waals surface area contributed by atoms with Crippen molar-refractivity contribution in [2.75, 3.05) is 19.8 Å². The van der Waals surface area contributed by atoms with Crippen LogP contribution in [-0.4, -0.2) is 31.5 Å². The minimum Gasteiger partial charge on any atom is -0.486 e. The van der Waals surface area contributed by atoms with Gasteiger partial charge in [-0.3, -0.25) is 0 Å². The monoisotopic (exact) mass is 304 g/mol. The van der Waals surface area contributed by atoms with Crippen molar-refractivity contribution in [1.82, 2.24) is 5.32 Å². The standard InChI is InChI=1S/C16H20N2O4/c1-16(2,3)22-15(19)18-5-4-11-8-13-14(9-12(11)10-17)21-7-6-20-13/h8-9H,4-7H2,1-3H3,(H,18,19). The lowest BCUT2D eigenvalue weighted by atomic mass is 10.0. The summed E-state index contributed by atoms with van der Waals surface area (Å²) >= 11 is 0. The molecule has 0 unspecified atom stereocenters. The predicted molar refractivity (Wildman–Crippen MR) is 80.1 cm³/mol. The van der Waals surface area contributed by atoms with Crippen molar-refractivity contribution in [3.05, 3.63) is 23.3 Å². The molecule has 6 heteroatoms. The highest BCUT2D eigenvalue weighted by molar-refractivity contribution is 5.67. The Balaban J connectivity index is 1.98. The highest BCUT2D eigenvalue weighted by atomic mass is 16.6. The summed E-state index contributed by atoms with van der Waals surface area (Å²) in [5.74, 6) is 1.23. The third-order valence-electron chi connectivity index (χ3n) is 2.95. The number of hydrogen-bond donors (Lipinski definition) is 1. The van der Waals surface area contributed by atoms with Gasteiger partial charge in [-0.15, -0.1) is 0 Å². The Morgan fingerprint density at radius 1 is 1.32 bits per heavy atom. The molecule has 1 aliphatic heterocycles. The van der Waals surface area contributed by atoms with Crippen LogP contribution in [0.2, 0.25) is 0 Å². The van der Waals surface area contributed by atoms with Crippen molar-refractivity contribution >= 4 is 6.09 Å². The Bertz CT molecular complexity index is 599. The van der Waals surface area contributed by atoms with E-state index in [-0.39, 0.29) is 0 Å². The zero-order valence-corrected chi connectivity index (χ0v) is 13.1. The van der Waals surface area contributed by atoms with Gasteiger partial charge in [0.2, 0.25) is 0 Å². The molecule has 6 nitrogen and oxygen atoms in total. The third-order valence-corrected chi connectivity index (χ3v) is 2.95. The maximum Gasteiger partial charge on any atom is 0.407 e. The number of amides is 1. The molecule has 22 heavy (non-hydrogen) atoms. The van der Waals surface area contributed by atoms with Crippen LogP contribution in [0.25, 0.3) is 0 Å². The number of rotatable bonds is 3. The number of nitrogens with one attached hydrogen (secondary N) is 1. The summed E-state index contributed by atoms with van der Waals surface area (Å²) in [7, 11) is 0. The van der Waals surface area contributed by atoms with Gasteiger partial charge in [0.1, 0.15) is 18.8 Å². The van der Waals surface area contributed by atoms with Crippen LogP contribution >= 0.6 is 0 Å². The van der Waals surface area contributed by atoms with Crippen molar-refractivity contribution in [2.24, 2.45) is 0 Å². The highest BCUT2D eigenvalue weighted by Crippen LogP contribution is 2.33. The van der Waals surface area contributed by atoms with E-state index in [0.29, 0.717) is 43.2 Å². The fourth-order valence-corrected chi connectivity index (χ4v) is 2.06. The van der Waals surface area contributed by atoms with Crippen LogP contribution in [0.4, 0.5) is 4.79 Å². The molecule has 1 aromatic carbocycles. The fraction of sp³-hybridized carbons (Fsp3) is 0.500. The predicted octanol–water partition coefficient (Wildman–Crippen LogP) is 2.40. The van der Waals surface area contributed by atoms with E-state index in [0.717, 1.165) is 5.56 Å². The molecule has 0 saturated carbocycles. The molecule has 0 saturated heterocycles. The first kappa shape index (κ1) is 16.0. The maximum atomic E-state index is 11.6. The van der Waals surface area contributed by atoms with E-state index in [1.165, 1.54) is 0 Å². The third kappa shape index (κ3) is 4.29. The van der Waals surface area contributed by atoms with E-state index < -0.39 is 11.7 Å². The molecule has 1 aliphatic rings. The molecule has 0 aromatic heterocycles. The number of fused-ring (bicyclic) bond motifs is 1. The molecular formula is C16H20N2O4. The largest absolute Gasteiger partial charge is 0.486 e. The van der Waals surface area contributed by atoms with Crippen LogP contribution in [0, 0.1) is 11.3 Å². The number of carbonyl (C=O) groups is 1. The van der Waals surface area contributed by atoms with Gasteiger partial charge in [-0.1, -0.05) is 0 Å². The summed E-state index contributed by atoms with van der Waals surface area (Å²) in [5, 5.41) is 11.9. The van der Waals surface area contributed by atoms with E-state index in [1.807, 2.05) is 0 Å².